The van der Waals surface area contributed by atoms with E-state index in [9.17, 15) is 4.79 Å². The van der Waals surface area contributed by atoms with Crippen LogP contribution in [0.4, 0.5) is 10.2 Å². The molecule has 10 heteroatoms. The Bertz CT molecular complexity index is 1810. The molecule has 1 saturated heterocycles. The molecule has 2 aromatic carbocycles. The highest BCUT2D eigenvalue weighted by Gasteiger charge is 2.33. The largest absolute Gasteiger partial charge is 0.489 e. The highest BCUT2D eigenvalue weighted by Crippen LogP contribution is 2.37. The van der Waals surface area contributed by atoms with Crippen LogP contribution < -0.4 is 9.64 Å². The number of aryl methyl sites for hydroxylation is 2. The maximum atomic E-state index is 15.5. The van der Waals surface area contributed by atoms with Gasteiger partial charge < -0.3 is 24.2 Å². The van der Waals surface area contributed by atoms with Gasteiger partial charge in [-0.25, -0.2) is 9.37 Å². The Morgan fingerprint density at radius 2 is 1.72 bits per heavy atom. The van der Waals surface area contributed by atoms with Gasteiger partial charge in [0.1, 0.15) is 24.0 Å². The van der Waals surface area contributed by atoms with Crippen molar-refractivity contribution in [3.8, 4) is 28.1 Å². The first-order valence-corrected chi connectivity index (χ1v) is 17.1. The van der Waals surface area contributed by atoms with Crippen LogP contribution in [0, 0.1) is 19.7 Å². The van der Waals surface area contributed by atoms with Crippen LogP contribution in [-0.4, -0.2) is 69.8 Å². The Labute approximate surface area is 295 Å². The van der Waals surface area contributed by atoms with Crippen molar-refractivity contribution in [1.82, 2.24) is 14.6 Å². The minimum atomic E-state index is -0.500. The first kappa shape index (κ1) is 38.3. The van der Waals surface area contributed by atoms with Gasteiger partial charge in [0.15, 0.2) is 5.65 Å². The summed E-state index contributed by atoms with van der Waals surface area (Å²) in [7, 11) is 0. The van der Waals surface area contributed by atoms with Gasteiger partial charge in [0.05, 0.1) is 42.1 Å². The van der Waals surface area contributed by atoms with Crippen molar-refractivity contribution in [2.45, 2.75) is 78.9 Å². The second-order valence-corrected chi connectivity index (χ2v) is 13.7. The molecule has 0 atom stereocenters. The van der Waals surface area contributed by atoms with Crippen LogP contribution >= 0.6 is 0 Å². The molecule has 0 unspecified atom stereocenters. The van der Waals surface area contributed by atoms with E-state index in [4.69, 9.17) is 29.4 Å². The zero-order chi connectivity index (χ0) is 36.6. The van der Waals surface area contributed by atoms with Crippen molar-refractivity contribution in [2.75, 3.05) is 37.8 Å². The van der Waals surface area contributed by atoms with E-state index in [-0.39, 0.29) is 30.4 Å². The molecule has 4 aromatic rings. The fourth-order valence-corrected chi connectivity index (χ4v) is 5.80. The number of carbonyl (C=O) groups excluding carboxylic acids is 1. The highest BCUT2D eigenvalue weighted by molar-refractivity contribution is 5.79. The van der Waals surface area contributed by atoms with E-state index in [1.54, 1.807) is 58.9 Å². The predicted molar refractivity (Wildman–Crippen MR) is 197 cm³/mol. The van der Waals surface area contributed by atoms with Gasteiger partial charge in [-0.1, -0.05) is 43.0 Å². The van der Waals surface area contributed by atoms with Crippen molar-refractivity contribution >= 4 is 17.4 Å². The second-order valence-electron chi connectivity index (χ2n) is 13.7. The van der Waals surface area contributed by atoms with Crippen LogP contribution in [0.25, 0.3) is 28.0 Å². The Morgan fingerprint density at radius 1 is 1.06 bits per heavy atom. The van der Waals surface area contributed by atoms with Crippen LogP contribution in [0.1, 0.15) is 64.3 Å². The molecule has 0 radical (unpaired) electrons. The zero-order valence-corrected chi connectivity index (χ0v) is 30.5. The molecule has 268 valence electrons. The summed E-state index contributed by atoms with van der Waals surface area (Å²) < 4.78 is 34.6. The number of hydrogen-bond donors (Lipinski definition) is 1. The lowest BCUT2D eigenvalue weighted by Crippen LogP contribution is -2.45. The molecule has 0 aliphatic carbocycles. The molecular formula is C40H51FN4O5. The van der Waals surface area contributed by atoms with Crippen LogP contribution in [0.15, 0.2) is 67.8 Å². The van der Waals surface area contributed by atoms with Gasteiger partial charge in [-0.05, 0) is 84.6 Å². The minimum Gasteiger partial charge on any atom is -0.489 e. The molecule has 50 heavy (non-hydrogen) atoms. The molecule has 0 bridgehead atoms. The number of esters is 1. The number of anilines is 1. The summed E-state index contributed by atoms with van der Waals surface area (Å²) in [6.45, 7) is 22.8. The monoisotopic (exact) mass is 686 g/mol. The molecule has 1 fully saturated rings. The summed E-state index contributed by atoms with van der Waals surface area (Å²) in [5, 5.41) is 13.5. The maximum absolute atomic E-state index is 15.5. The maximum Gasteiger partial charge on any atom is 0.310 e. The summed E-state index contributed by atoms with van der Waals surface area (Å²) >= 11 is 0. The van der Waals surface area contributed by atoms with Crippen LogP contribution in [-0.2, 0) is 20.7 Å². The van der Waals surface area contributed by atoms with Crippen molar-refractivity contribution in [1.29, 1.82) is 0 Å². The number of nitrogens with zero attached hydrogens (tertiary/aromatic N) is 4. The number of rotatable bonds is 12. The average Bonchev–Trinajstić information content (AvgIpc) is 3.48. The van der Waals surface area contributed by atoms with Crippen LogP contribution in [0.3, 0.4) is 0 Å². The van der Waals surface area contributed by atoms with Crippen molar-refractivity contribution in [2.24, 2.45) is 0 Å². The molecule has 3 heterocycles. The molecule has 1 aliphatic heterocycles. The lowest BCUT2D eigenvalue weighted by atomic mass is 9.93. The summed E-state index contributed by atoms with van der Waals surface area (Å²) in [6.07, 6.45) is 5.10. The molecule has 9 nitrogen and oxygen atoms in total. The number of piperidine rings is 1. The fraction of sp³-hybridized carbons (Fsp3) is 0.425. The number of halogens is 1. The normalized spacial score (nSPS) is 14.1. The minimum absolute atomic E-state index is 0.0868. The van der Waals surface area contributed by atoms with Crippen LogP contribution in [0.2, 0.25) is 0 Å². The molecule has 1 aliphatic rings. The molecule has 0 spiro atoms. The summed E-state index contributed by atoms with van der Waals surface area (Å²) in [4.78, 5) is 19.8. The van der Waals surface area contributed by atoms with Gasteiger partial charge >= 0.3 is 5.97 Å². The van der Waals surface area contributed by atoms with Gasteiger partial charge in [0.25, 0.3) is 0 Å². The number of hydrogen-bond acceptors (Lipinski definition) is 8. The van der Waals surface area contributed by atoms with Gasteiger partial charge in [-0.15, -0.1) is 6.58 Å². The van der Waals surface area contributed by atoms with E-state index in [1.165, 1.54) is 0 Å². The van der Waals surface area contributed by atoms with Gasteiger partial charge in [-0.2, -0.15) is 9.61 Å². The summed E-state index contributed by atoms with van der Waals surface area (Å²) in [5.41, 5.74) is 4.49. The average molecular weight is 687 g/mol. The quantitative estimate of drug-likeness (QED) is 0.119. The Balaban J connectivity index is 0.00000105. The molecular weight excluding hydrogens is 635 g/mol. The first-order valence-electron chi connectivity index (χ1n) is 17.1. The molecule has 0 amide bonds. The number of ether oxygens (including phenoxy) is 3. The fourth-order valence-electron chi connectivity index (χ4n) is 5.80. The van der Waals surface area contributed by atoms with Gasteiger partial charge in [-0.3, -0.25) is 4.79 Å². The zero-order valence-electron chi connectivity index (χ0n) is 30.5. The lowest BCUT2D eigenvalue weighted by Gasteiger charge is -2.40. The molecule has 0 saturated carbocycles. The van der Waals surface area contributed by atoms with Gasteiger partial charge in [0.2, 0.25) is 0 Å². The Kier molecular flexibility index (Phi) is 12.6. The van der Waals surface area contributed by atoms with E-state index in [0.717, 1.165) is 35.5 Å². The summed E-state index contributed by atoms with van der Waals surface area (Å²) in [5.74, 6) is 0.626. The molecule has 1 N–H and O–H groups in total. The third kappa shape index (κ3) is 9.57. The van der Waals surface area contributed by atoms with E-state index in [0.29, 0.717) is 60.1 Å². The number of aliphatic hydroxyl groups is 1. The van der Waals surface area contributed by atoms with Crippen molar-refractivity contribution in [3.05, 3.63) is 90.4 Å². The third-order valence-electron chi connectivity index (χ3n) is 8.28. The number of carbonyl (C=O) groups is 1. The van der Waals surface area contributed by atoms with Crippen molar-refractivity contribution in [3.63, 3.8) is 0 Å². The molecule has 5 rings (SSSR count). The Hall–Kier alpha value is -4.54. The van der Waals surface area contributed by atoms with Crippen LogP contribution in [0.5, 0.6) is 5.75 Å². The highest BCUT2D eigenvalue weighted by atomic mass is 19.1. The van der Waals surface area contributed by atoms with E-state index in [2.05, 4.69) is 25.0 Å². The SMILES string of the molecule is C=CCOc1ccc(C)c(F)c1-c1cccc(-c2cc3nc(C)c(CC(=O)OCC)c(N4CCC(C)(OCC=C)CC4)n3n2)c1.CC(C)(C)O. The standard InChI is InChI=1S/C36H41FN4O4.C4H10O/c1-7-19-44-30-14-13-24(4)34(37)33(30)27-12-10-11-26(21-27)29-23-31-38-25(5)28(22-32(42)43-9-3)35(41(31)39-29)40-17-15-36(6,16-18-40)45-20-8-2;1-4(2,3)5/h7-8,10-14,21,23H,1-2,9,15-20,22H2,3-6H3;5H,1-3H3. The number of benzene rings is 2. The molecule has 2 aromatic heterocycles. The van der Waals surface area contributed by atoms with E-state index < -0.39 is 5.60 Å². The van der Waals surface area contributed by atoms with Crippen molar-refractivity contribution < 1.29 is 28.5 Å². The smallest absolute Gasteiger partial charge is 0.310 e. The summed E-state index contributed by atoms with van der Waals surface area (Å²) in [6, 6.07) is 13.0. The lowest BCUT2D eigenvalue weighted by molar-refractivity contribution is -0.142. The van der Waals surface area contributed by atoms with E-state index in [1.807, 2.05) is 41.8 Å². The number of aromatic nitrogens is 3. The number of fused-ring (bicyclic) bond motifs is 1. The first-order chi connectivity index (χ1) is 23.7. The van der Waals surface area contributed by atoms with Gasteiger partial charge in [0, 0.05) is 36.0 Å². The topological polar surface area (TPSA) is 98.4 Å². The third-order valence-corrected chi connectivity index (χ3v) is 8.28. The predicted octanol–water partition coefficient (Wildman–Crippen LogP) is 7.83. The second kappa shape index (κ2) is 16.4. The Morgan fingerprint density at radius 3 is 2.36 bits per heavy atom. The van der Waals surface area contributed by atoms with E-state index >= 15 is 4.39 Å².